The predicted octanol–water partition coefficient (Wildman–Crippen LogP) is 4.68. The van der Waals surface area contributed by atoms with Crippen LogP contribution in [0.25, 0.3) is 0 Å². The molecule has 196 valence electrons. The number of anilines is 2. The van der Waals surface area contributed by atoms with E-state index in [1.54, 1.807) is 0 Å². The van der Waals surface area contributed by atoms with Crippen molar-refractivity contribution in [2.45, 2.75) is 44.2 Å². The molecule has 4 rings (SSSR count). The van der Waals surface area contributed by atoms with Gasteiger partial charge in [-0.1, -0.05) is 23.2 Å². The summed E-state index contributed by atoms with van der Waals surface area (Å²) in [5, 5.41) is 8.37. The van der Waals surface area contributed by atoms with Crippen LogP contribution in [0, 0.1) is 0 Å². The number of fused-ring (bicyclic) bond motifs is 1. The van der Waals surface area contributed by atoms with Gasteiger partial charge in [-0.3, -0.25) is 4.99 Å². The largest absolute Gasteiger partial charge is 0.371 e. The second-order valence-electron chi connectivity index (χ2n) is 10.4. The van der Waals surface area contributed by atoms with Crippen molar-refractivity contribution >= 4 is 53.1 Å². The predicted molar refractivity (Wildman–Crippen MR) is 154 cm³/mol. The van der Waals surface area contributed by atoms with Crippen molar-refractivity contribution in [1.82, 2.24) is 14.7 Å². The Balaban J connectivity index is 1.50. The minimum absolute atomic E-state index is 0.259. The van der Waals surface area contributed by atoms with E-state index in [2.05, 4.69) is 70.1 Å². The number of rotatable bonds is 4. The van der Waals surface area contributed by atoms with E-state index in [4.69, 9.17) is 28.2 Å². The zero-order valence-electron chi connectivity index (χ0n) is 21.8. The van der Waals surface area contributed by atoms with Gasteiger partial charge >= 0.3 is 0 Å². The van der Waals surface area contributed by atoms with Crippen LogP contribution in [0.3, 0.4) is 0 Å². The van der Waals surface area contributed by atoms with Gasteiger partial charge in [-0.05, 0) is 78.2 Å². The van der Waals surface area contributed by atoms with Crippen molar-refractivity contribution < 1.29 is 0 Å². The fourth-order valence-corrected chi connectivity index (χ4v) is 5.42. The monoisotopic (exact) mass is 532 g/mol. The molecule has 10 heteroatoms. The van der Waals surface area contributed by atoms with Crippen molar-refractivity contribution in [1.29, 1.82) is 0 Å². The second-order valence-corrected chi connectivity index (χ2v) is 11.2. The lowest BCUT2D eigenvalue weighted by molar-refractivity contribution is 0.190. The first-order valence-electron chi connectivity index (χ1n) is 12.6. The molecule has 0 bridgehead atoms. The van der Waals surface area contributed by atoms with E-state index in [1.807, 2.05) is 18.3 Å². The second kappa shape index (κ2) is 11.5. The van der Waals surface area contributed by atoms with Crippen LogP contribution in [0.2, 0.25) is 10.0 Å². The zero-order valence-corrected chi connectivity index (χ0v) is 23.3. The van der Waals surface area contributed by atoms with E-state index in [0.717, 1.165) is 74.6 Å². The number of hydrogen-bond donors (Lipinski definition) is 2. The Bertz CT molecular complexity index is 1050. The molecule has 3 heterocycles. The van der Waals surface area contributed by atoms with Crippen LogP contribution in [0.4, 0.5) is 11.4 Å². The van der Waals surface area contributed by atoms with Crippen molar-refractivity contribution in [3.63, 3.8) is 0 Å². The van der Waals surface area contributed by atoms with Gasteiger partial charge < -0.3 is 25.3 Å². The number of piperidine rings is 2. The normalized spacial score (nSPS) is 22.5. The summed E-state index contributed by atoms with van der Waals surface area (Å²) in [5.41, 5.74) is 2.65. The van der Waals surface area contributed by atoms with Gasteiger partial charge in [0.15, 0.2) is 0 Å². The SMILES string of the molecule is C=NC(=N/C=C(\C)CN=C1Nc2cc(Cl)c(Cl)cc2NC12CCN(C)CC2)N1CCC(N(C)C)CC1. The maximum Gasteiger partial charge on any atom is 0.224 e. The number of nitrogens with one attached hydrogen (secondary N) is 2. The molecule has 2 N–H and O–H groups in total. The van der Waals surface area contributed by atoms with Crippen LogP contribution in [-0.2, 0) is 0 Å². The number of nitrogens with zero attached hydrogens (tertiary/aromatic N) is 6. The molecule has 3 aliphatic heterocycles. The van der Waals surface area contributed by atoms with Gasteiger partial charge in [0.2, 0.25) is 5.96 Å². The van der Waals surface area contributed by atoms with Crippen molar-refractivity contribution in [2.24, 2.45) is 15.0 Å². The fourth-order valence-electron chi connectivity index (χ4n) is 5.09. The van der Waals surface area contributed by atoms with Crippen molar-refractivity contribution in [2.75, 3.05) is 64.5 Å². The van der Waals surface area contributed by atoms with E-state index in [0.29, 0.717) is 28.6 Å². The Morgan fingerprint density at radius 3 is 2.39 bits per heavy atom. The highest BCUT2D eigenvalue weighted by Gasteiger charge is 2.42. The molecule has 2 fully saturated rings. The molecule has 0 saturated carbocycles. The third-order valence-electron chi connectivity index (χ3n) is 7.49. The van der Waals surface area contributed by atoms with Gasteiger partial charge in [0.1, 0.15) is 5.84 Å². The third kappa shape index (κ3) is 6.05. The molecule has 0 radical (unpaired) electrons. The summed E-state index contributed by atoms with van der Waals surface area (Å²) in [5.74, 6) is 1.62. The topological polar surface area (TPSA) is 70.9 Å². The minimum atomic E-state index is -0.259. The van der Waals surface area contributed by atoms with Crippen LogP contribution in [-0.4, -0.2) is 98.7 Å². The molecule has 3 aliphatic rings. The van der Waals surface area contributed by atoms with E-state index in [9.17, 15) is 0 Å². The molecular weight excluding hydrogens is 495 g/mol. The van der Waals surface area contributed by atoms with Crippen LogP contribution >= 0.6 is 23.2 Å². The molecule has 1 aromatic rings. The number of benzene rings is 1. The third-order valence-corrected chi connectivity index (χ3v) is 8.21. The van der Waals surface area contributed by atoms with E-state index < -0.39 is 0 Å². The Morgan fingerprint density at radius 1 is 1.14 bits per heavy atom. The van der Waals surface area contributed by atoms with Gasteiger partial charge in [0.05, 0.1) is 33.5 Å². The lowest BCUT2D eigenvalue weighted by Gasteiger charge is -2.46. The van der Waals surface area contributed by atoms with E-state index in [-0.39, 0.29) is 5.54 Å². The summed E-state index contributed by atoms with van der Waals surface area (Å²) in [6.07, 6.45) is 5.97. The van der Waals surface area contributed by atoms with Crippen LogP contribution in [0.15, 0.2) is 38.9 Å². The fraction of sp³-hybridized carbons (Fsp3) is 0.577. The summed E-state index contributed by atoms with van der Waals surface area (Å²) >= 11 is 12.6. The molecule has 1 spiro atoms. The standard InChI is InChI=1S/C26H38Cl2N8/c1-18(17-31-25(29-2)36-10-6-19(7-11-36)34(3)4)16-30-24-26(8-12-35(5)13-9-26)33-23-15-21(28)20(27)14-22(23)32-24/h14-15,17,19,33H,2,6-13,16H2,1,3-5H3,(H,30,32)/b18-17+,31-25?. The molecule has 0 unspecified atom stereocenters. The summed E-state index contributed by atoms with van der Waals surface area (Å²) in [4.78, 5) is 20.8. The molecule has 8 nitrogen and oxygen atoms in total. The lowest BCUT2D eigenvalue weighted by atomic mass is 9.84. The Labute approximate surface area is 225 Å². The maximum absolute atomic E-state index is 6.31. The molecule has 36 heavy (non-hydrogen) atoms. The number of aliphatic imine (C=N–C) groups is 3. The highest BCUT2D eigenvalue weighted by molar-refractivity contribution is 6.42. The average molecular weight is 534 g/mol. The van der Waals surface area contributed by atoms with E-state index in [1.165, 1.54) is 0 Å². The van der Waals surface area contributed by atoms with Gasteiger partial charge in [0.25, 0.3) is 0 Å². The highest BCUT2D eigenvalue weighted by Crippen LogP contribution is 2.40. The first-order valence-corrected chi connectivity index (χ1v) is 13.4. The summed E-state index contributed by atoms with van der Waals surface area (Å²) in [6, 6.07) is 4.37. The van der Waals surface area contributed by atoms with Crippen LogP contribution in [0.5, 0.6) is 0 Å². The van der Waals surface area contributed by atoms with E-state index >= 15 is 0 Å². The van der Waals surface area contributed by atoms with Crippen LogP contribution in [0.1, 0.15) is 32.6 Å². The molecule has 0 atom stereocenters. The molecule has 1 aromatic carbocycles. The number of amidine groups is 1. The quantitative estimate of drug-likeness (QED) is 0.435. The molecule has 2 saturated heterocycles. The minimum Gasteiger partial charge on any atom is -0.371 e. The Kier molecular flexibility index (Phi) is 8.60. The number of hydrogen-bond acceptors (Lipinski definition) is 5. The first kappa shape index (κ1) is 26.9. The first-order chi connectivity index (χ1) is 17.2. The molecule has 0 amide bonds. The zero-order chi connectivity index (χ0) is 25.9. The number of halogens is 2. The summed E-state index contributed by atoms with van der Waals surface area (Å²) in [6.45, 7) is 10.2. The van der Waals surface area contributed by atoms with Crippen molar-refractivity contribution in [3.8, 4) is 0 Å². The van der Waals surface area contributed by atoms with Crippen LogP contribution < -0.4 is 10.6 Å². The summed E-state index contributed by atoms with van der Waals surface area (Å²) in [7, 11) is 6.44. The molecule has 0 aromatic heterocycles. The smallest absolute Gasteiger partial charge is 0.224 e. The van der Waals surface area contributed by atoms with Gasteiger partial charge in [-0.15, -0.1) is 0 Å². The van der Waals surface area contributed by atoms with Gasteiger partial charge in [-0.25, -0.2) is 9.98 Å². The lowest BCUT2D eigenvalue weighted by Crippen LogP contribution is -2.58. The van der Waals surface area contributed by atoms with Gasteiger partial charge in [-0.2, -0.15) is 0 Å². The maximum atomic E-state index is 6.31. The Hall–Kier alpha value is -2.13. The summed E-state index contributed by atoms with van der Waals surface area (Å²) < 4.78 is 0. The van der Waals surface area contributed by atoms with Crippen molar-refractivity contribution in [3.05, 3.63) is 34.0 Å². The average Bonchev–Trinajstić information content (AvgIpc) is 2.86. The van der Waals surface area contributed by atoms with Gasteiger partial charge in [0, 0.05) is 38.4 Å². The Morgan fingerprint density at radius 2 is 1.78 bits per heavy atom. The molecule has 0 aliphatic carbocycles. The number of likely N-dealkylation sites (tertiary alicyclic amines) is 2. The number of guanidine groups is 1. The highest BCUT2D eigenvalue weighted by atomic mass is 35.5. The molecular formula is C26H38Cl2N8.